The van der Waals surface area contributed by atoms with Crippen LogP contribution in [0.3, 0.4) is 0 Å². The maximum atomic E-state index is 6.03. The Morgan fingerprint density at radius 1 is 1.43 bits per heavy atom. The molecule has 3 rings (SSSR count). The Kier molecular flexibility index (Phi) is 1.64. The molecule has 2 aromatic rings. The molecule has 0 amide bonds. The van der Waals surface area contributed by atoms with Gasteiger partial charge < -0.3 is 10.7 Å². The van der Waals surface area contributed by atoms with Crippen LogP contribution in [0.15, 0.2) is 18.3 Å². The van der Waals surface area contributed by atoms with Gasteiger partial charge >= 0.3 is 0 Å². The number of halogens is 1. The Hall–Kier alpha value is -0.990. The van der Waals surface area contributed by atoms with E-state index in [-0.39, 0.29) is 6.04 Å². The minimum atomic E-state index is 0.178. The molecule has 3 N–H and O–H groups in total. The van der Waals surface area contributed by atoms with Crippen LogP contribution in [0.1, 0.15) is 23.6 Å². The van der Waals surface area contributed by atoms with Gasteiger partial charge in [-0.3, -0.25) is 0 Å². The lowest BCUT2D eigenvalue weighted by Crippen LogP contribution is -2.14. The van der Waals surface area contributed by atoms with E-state index in [9.17, 15) is 0 Å². The van der Waals surface area contributed by atoms with Crippen molar-refractivity contribution in [3.05, 3.63) is 34.5 Å². The average molecular weight is 207 g/mol. The quantitative estimate of drug-likeness (QED) is 0.684. The molecule has 1 atom stereocenters. The first-order valence-electron chi connectivity index (χ1n) is 4.80. The highest BCUT2D eigenvalue weighted by atomic mass is 35.5. The van der Waals surface area contributed by atoms with Crippen LogP contribution in [0.25, 0.3) is 10.9 Å². The average Bonchev–Trinajstić information content (AvgIpc) is 2.56. The summed E-state index contributed by atoms with van der Waals surface area (Å²) in [6, 6.07) is 4.19. The Morgan fingerprint density at radius 2 is 2.29 bits per heavy atom. The van der Waals surface area contributed by atoms with Crippen molar-refractivity contribution in [1.82, 2.24) is 4.98 Å². The van der Waals surface area contributed by atoms with Gasteiger partial charge in [-0.1, -0.05) is 11.6 Å². The van der Waals surface area contributed by atoms with E-state index in [1.807, 2.05) is 18.3 Å². The van der Waals surface area contributed by atoms with Crippen molar-refractivity contribution in [3.63, 3.8) is 0 Å². The topological polar surface area (TPSA) is 41.8 Å². The number of aromatic nitrogens is 1. The minimum Gasteiger partial charge on any atom is -0.361 e. The van der Waals surface area contributed by atoms with Crippen molar-refractivity contribution in [2.45, 2.75) is 18.9 Å². The second-order valence-corrected chi connectivity index (χ2v) is 4.31. The zero-order chi connectivity index (χ0) is 9.71. The van der Waals surface area contributed by atoms with E-state index in [0.717, 1.165) is 23.4 Å². The molecule has 1 aliphatic rings. The highest BCUT2D eigenvalue weighted by molar-refractivity contribution is 6.31. The molecule has 1 unspecified atom stereocenters. The van der Waals surface area contributed by atoms with Gasteiger partial charge in [0.25, 0.3) is 0 Å². The Balaban J connectivity index is 2.43. The van der Waals surface area contributed by atoms with Crippen molar-refractivity contribution in [1.29, 1.82) is 0 Å². The third-order valence-corrected chi connectivity index (χ3v) is 3.20. The van der Waals surface area contributed by atoms with Gasteiger partial charge in [0.1, 0.15) is 0 Å². The van der Waals surface area contributed by atoms with Crippen LogP contribution in [-0.4, -0.2) is 4.98 Å². The molecule has 72 valence electrons. The fourth-order valence-corrected chi connectivity index (χ4v) is 2.54. The smallest absolute Gasteiger partial charge is 0.0475 e. The van der Waals surface area contributed by atoms with Crippen LogP contribution in [0.2, 0.25) is 5.02 Å². The normalized spacial score (nSPS) is 20.3. The van der Waals surface area contributed by atoms with Crippen LogP contribution in [0, 0.1) is 0 Å². The molecule has 0 aliphatic heterocycles. The SMILES string of the molecule is NC1CCc2cc(Cl)cc3[nH]cc1c23. The number of aryl methyl sites for hydroxylation is 1. The molecule has 0 fully saturated rings. The van der Waals surface area contributed by atoms with Crippen LogP contribution in [0.4, 0.5) is 0 Å². The standard InChI is InChI=1S/C11H11ClN2/c12-7-3-6-1-2-9(13)8-5-14-10(4-7)11(6)8/h3-5,9,14H,1-2,13H2. The number of aromatic amines is 1. The summed E-state index contributed by atoms with van der Waals surface area (Å²) in [5, 5.41) is 2.09. The van der Waals surface area contributed by atoms with Crippen LogP contribution >= 0.6 is 11.6 Å². The van der Waals surface area contributed by atoms with Crippen molar-refractivity contribution >= 4 is 22.5 Å². The zero-order valence-corrected chi connectivity index (χ0v) is 8.43. The van der Waals surface area contributed by atoms with Crippen molar-refractivity contribution in [3.8, 4) is 0 Å². The number of nitrogens with one attached hydrogen (secondary N) is 1. The van der Waals surface area contributed by atoms with Gasteiger partial charge in [0.2, 0.25) is 0 Å². The number of hydrogen-bond acceptors (Lipinski definition) is 1. The van der Waals surface area contributed by atoms with E-state index in [2.05, 4.69) is 4.98 Å². The summed E-state index contributed by atoms with van der Waals surface area (Å²) in [6.45, 7) is 0. The molecule has 0 spiro atoms. The summed E-state index contributed by atoms with van der Waals surface area (Å²) in [5.41, 5.74) is 9.70. The Labute approximate surface area is 87.1 Å². The van der Waals surface area contributed by atoms with Crippen molar-refractivity contribution in [2.24, 2.45) is 5.73 Å². The maximum absolute atomic E-state index is 6.03. The lowest BCUT2D eigenvalue weighted by molar-refractivity contribution is 0.643. The van der Waals surface area contributed by atoms with E-state index < -0.39 is 0 Å². The molecule has 1 heterocycles. The predicted octanol–water partition coefficient (Wildman–Crippen LogP) is 2.77. The van der Waals surface area contributed by atoms with Crippen molar-refractivity contribution in [2.75, 3.05) is 0 Å². The third-order valence-electron chi connectivity index (χ3n) is 2.98. The third kappa shape index (κ3) is 1.01. The van der Waals surface area contributed by atoms with E-state index in [1.54, 1.807) is 0 Å². The fourth-order valence-electron chi connectivity index (χ4n) is 2.30. The second kappa shape index (κ2) is 2.75. The van der Waals surface area contributed by atoms with Gasteiger partial charge in [0.15, 0.2) is 0 Å². The lowest BCUT2D eigenvalue weighted by atomic mass is 9.90. The lowest BCUT2D eigenvalue weighted by Gasteiger charge is -2.18. The summed E-state index contributed by atoms with van der Waals surface area (Å²) in [6.07, 6.45) is 4.05. The van der Waals surface area contributed by atoms with Gasteiger partial charge in [-0.15, -0.1) is 0 Å². The molecule has 1 aromatic heterocycles. The summed E-state index contributed by atoms with van der Waals surface area (Å²) in [5.74, 6) is 0. The first-order chi connectivity index (χ1) is 6.75. The van der Waals surface area contributed by atoms with Gasteiger partial charge in [-0.25, -0.2) is 0 Å². The van der Waals surface area contributed by atoms with E-state index in [4.69, 9.17) is 17.3 Å². The summed E-state index contributed by atoms with van der Waals surface area (Å²) >= 11 is 6.02. The molecule has 0 radical (unpaired) electrons. The molecule has 1 aromatic carbocycles. The maximum Gasteiger partial charge on any atom is 0.0475 e. The van der Waals surface area contributed by atoms with Gasteiger partial charge in [0.05, 0.1) is 0 Å². The molecule has 0 saturated carbocycles. The highest BCUT2D eigenvalue weighted by Gasteiger charge is 2.20. The number of benzene rings is 1. The van der Waals surface area contributed by atoms with E-state index >= 15 is 0 Å². The molecule has 14 heavy (non-hydrogen) atoms. The number of H-pyrrole nitrogens is 1. The van der Waals surface area contributed by atoms with Crippen LogP contribution in [-0.2, 0) is 6.42 Å². The molecule has 3 heteroatoms. The first kappa shape index (κ1) is 8.33. The van der Waals surface area contributed by atoms with Gasteiger partial charge in [-0.2, -0.15) is 0 Å². The molecule has 0 saturated heterocycles. The van der Waals surface area contributed by atoms with Crippen molar-refractivity contribution < 1.29 is 0 Å². The van der Waals surface area contributed by atoms with Crippen LogP contribution < -0.4 is 5.73 Å². The van der Waals surface area contributed by atoms with Crippen LogP contribution in [0.5, 0.6) is 0 Å². The largest absolute Gasteiger partial charge is 0.361 e. The molecular weight excluding hydrogens is 196 g/mol. The first-order valence-corrected chi connectivity index (χ1v) is 5.18. The number of nitrogens with two attached hydrogens (primary N) is 1. The van der Waals surface area contributed by atoms with Gasteiger partial charge in [0, 0.05) is 28.2 Å². The summed E-state index contributed by atoms with van der Waals surface area (Å²) in [4.78, 5) is 3.23. The molecule has 0 bridgehead atoms. The van der Waals surface area contributed by atoms with E-state index in [0.29, 0.717) is 0 Å². The second-order valence-electron chi connectivity index (χ2n) is 3.88. The zero-order valence-electron chi connectivity index (χ0n) is 7.68. The highest BCUT2D eigenvalue weighted by Crippen LogP contribution is 2.35. The predicted molar refractivity (Wildman–Crippen MR) is 58.6 cm³/mol. The van der Waals surface area contributed by atoms with E-state index in [1.165, 1.54) is 16.5 Å². The molecule has 1 aliphatic carbocycles. The molecule has 2 nitrogen and oxygen atoms in total. The summed E-state index contributed by atoms with van der Waals surface area (Å²) < 4.78 is 0. The Morgan fingerprint density at radius 3 is 3.14 bits per heavy atom. The number of rotatable bonds is 0. The Bertz CT molecular complexity index is 501. The minimum absolute atomic E-state index is 0.178. The summed E-state index contributed by atoms with van der Waals surface area (Å²) in [7, 11) is 0. The molecular formula is C11H11ClN2. The monoisotopic (exact) mass is 206 g/mol. The number of hydrogen-bond donors (Lipinski definition) is 2. The fraction of sp³-hybridized carbons (Fsp3) is 0.273. The van der Waals surface area contributed by atoms with Gasteiger partial charge in [-0.05, 0) is 36.1 Å².